The Balaban J connectivity index is 2.03. The number of amides is 2. The quantitative estimate of drug-likeness (QED) is 0.885. The number of nitrogens with zero attached hydrogens (tertiary/aromatic N) is 3. The molecular formula is C16H21FN4O2. The monoisotopic (exact) mass is 320 g/mol. The van der Waals surface area contributed by atoms with Crippen molar-refractivity contribution in [3.63, 3.8) is 0 Å². The largest absolute Gasteiger partial charge is 0.349 e. The molecule has 0 fully saturated rings. The third-order valence-corrected chi connectivity index (χ3v) is 3.78. The van der Waals surface area contributed by atoms with E-state index in [9.17, 15) is 14.0 Å². The highest BCUT2D eigenvalue weighted by atomic mass is 19.1. The Bertz CT molecular complexity index is 630. The molecule has 2 amide bonds. The number of hydrogen-bond donors (Lipinski definition) is 1. The van der Waals surface area contributed by atoms with Crippen LogP contribution in [0.3, 0.4) is 0 Å². The highest BCUT2D eigenvalue weighted by Crippen LogP contribution is 2.18. The minimum Gasteiger partial charge on any atom is -0.349 e. The molecule has 1 aliphatic rings. The number of carbonyl (C=O) groups is 2. The number of hydrogen-bond acceptors (Lipinski definition) is 4. The highest BCUT2D eigenvalue weighted by molar-refractivity contribution is 6.39. The van der Waals surface area contributed by atoms with Gasteiger partial charge in [0.2, 0.25) is 5.91 Å². The number of halogens is 1. The molecule has 0 radical (unpaired) electrons. The van der Waals surface area contributed by atoms with Gasteiger partial charge in [-0.05, 0) is 31.8 Å². The number of rotatable bonds is 5. The Kier molecular flexibility index (Phi) is 5.44. The van der Waals surface area contributed by atoms with E-state index in [1.54, 1.807) is 6.07 Å². The van der Waals surface area contributed by atoms with E-state index < -0.39 is 0 Å². The van der Waals surface area contributed by atoms with E-state index >= 15 is 0 Å². The molecule has 2 rings (SSSR count). The molecule has 0 spiro atoms. The van der Waals surface area contributed by atoms with Gasteiger partial charge >= 0.3 is 0 Å². The van der Waals surface area contributed by atoms with Crippen molar-refractivity contribution in [1.29, 1.82) is 0 Å². The first-order chi connectivity index (χ1) is 10.9. The van der Waals surface area contributed by atoms with Crippen LogP contribution in [-0.4, -0.2) is 55.1 Å². The van der Waals surface area contributed by atoms with Gasteiger partial charge in [0.05, 0.1) is 6.04 Å². The van der Waals surface area contributed by atoms with Gasteiger partial charge in [0.25, 0.3) is 5.91 Å². The number of nitrogens with one attached hydrogen (secondary N) is 1. The normalized spacial score (nSPS) is 16.3. The second-order valence-electron chi connectivity index (χ2n) is 5.71. The predicted molar refractivity (Wildman–Crippen MR) is 85.3 cm³/mol. The number of carbonyl (C=O) groups excluding carboxylic acids is 2. The lowest BCUT2D eigenvalue weighted by molar-refractivity contribution is -0.130. The van der Waals surface area contributed by atoms with Crippen LogP contribution < -0.4 is 5.32 Å². The molecule has 1 unspecified atom stereocenters. The summed E-state index contributed by atoms with van der Waals surface area (Å²) in [5.41, 5.74) is 1.12. The van der Waals surface area contributed by atoms with Gasteiger partial charge in [-0.25, -0.2) is 9.40 Å². The summed E-state index contributed by atoms with van der Waals surface area (Å²) < 4.78 is 13.4. The molecule has 6 nitrogen and oxygen atoms in total. The Morgan fingerprint density at radius 3 is 2.78 bits per heavy atom. The second kappa shape index (κ2) is 7.32. The van der Waals surface area contributed by atoms with Crippen molar-refractivity contribution in [2.45, 2.75) is 18.9 Å². The lowest BCUT2D eigenvalue weighted by Gasteiger charge is -2.26. The third kappa shape index (κ3) is 4.35. The van der Waals surface area contributed by atoms with Crippen molar-refractivity contribution < 1.29 is 14.0 Å². The van der Waals surface area contributed by atoms with Crippen LogP contribution in [0.4, 0.5) is 4.39 Å². The van der Waals surface area contributed by atoms with E-state index in [0.29, 0.717) is 18.7 Å². The van der Waals surface area contributed by atoms with Crippen molar-refractivity contribution in [2.75, 3.05) is 27.7 Å². The Hall–Kier alpha value is -2.28. The van der Waals surface area contributed by atoms with Gasteiger partial charge in [-0.3, -0.25) is 9.59 Å². The van der Waals surface area contributed by atoms with Gasteiger partial charge in [-0.1, -0.05) is 12.1 Å². The maximum absolute atomic E-state index is 13.4. The average Bonchev–Trinajstić information content (AvgIpc) is 2.49. The van der Waals surface area contributed by atoms with Crippen LogP contribution in [-0.2, 0) is 9.59 Å². The van der Waals surface area contributed by atoms with Gasteiger partial charge in [-0.2, -0.15) is 5.10 Å². The fraction of sp³-hybridized carbons (Fsp3) is 0.438. The van der Waals surface area contributed by atoms with Gasteiger partial charge in [-0.15, -0.1) is 0 Å². The minimum atomic E-state index is -0.308. The van der Waals surface area contributed by atoms with Crippen LogP contribution >= 0.6 is 0 Å². The molecule has 0 bridgehead atoms. The zero-order chi connectivity index (χ0) is 17.0. The lowest BCUT2D eigenvalue weighted by atomic mass is 10.1. The molecular weight excluding hydrogens is 299 g/mol. The first kappa shape index (κ1) is 17.1. The Labute approximate surface area is 134 Å². The molecule has 1 aliphatic heterocycles. The maximum atomic E-state index is 13.4. The van der Waals surface area contributed by atoms with Gasteiger partial charge in [0.1, 0.15) is 11.5 Å². The van der Waals surface area contributed by atoms with E-state index in [0.717, 1.165) is 5.56 Å². The first-order valence-corrected chi connectivity index (χ1v) is 7.42. The molecule has 1 heterocycles. The van der Waals surface area contributed by atoms with E-state index in [1.165, 1.54) is 24.2 Å². The molecule has 124 valence electrons. The van der Waals surface area contributed by atoms with Crippen molar-refractivity contribution in [3.8, 4) is 0 Å². The molecule has 1 aromatic carbocycles. The van der Waals surface area contributed by atoms with Gasteiger partial charge in [0.15, 0.2) is 0 Å². The molecule has 0 saturated carbocycles. The summed E-state index contributed by atoms with van der Waals surface area (Å²) in [4.78, 5) is 25.5. The zero-order valence-corrected chi connectivity index (χ0v) is 13.5. The average molecular weight is 320 g/mol. The van der Waals surface area contributed by atoms with Crippen molar-refractivity contribution in [2.24, 2.45) is 5.10 Å². The Morgan fingerprint density at radius 1 is 1.43 bits per heavy atom. The summed E-state index contributed by atoms with van der Waals surface area (Å²) in [5, 5.41) is 7.99. The molecule has 0 saturated heterocycles. The van der Waals surface area contributed by atoms with Crippen LogP contribution in [0.15, 0.2) is 29.4 Å². The van der Waals surface area contributed by atoms with Crippen LogP contribution in [0.5, 0.6) is 0 Å². The lowest BCUT2D eigenvalue weighted by Crippen LogP contribution is -2.41. The summed E-state index contributed by atoms with van der Waals surface area (Å²) in [6.45, 7) is 0.325. The van der Waals surface area contributed by atoms with Gasteiger partial charge in [0, 0.05) is 26.4 Å². The SMILES string of the molecule is CN1N=C(C(=O)NCC(c2cccc(F)c2)N(C)C)CCC1=O. The summed E-state index contributed by atoms with van der Waals surface area (Å²) >= 11 is 0. The predicted octanol–water partition coefficient (Wildman–Crippen LogP) is 1.15. The van der Waals surface area contributed by atoms with Crippen molar-refractivity contribution >= 4 is 17.5 Å². The molecule has 1 aromatic rings. The molecule has 0 aromatic heterocycles. The van der Waals surface area contributed by atoms with E-state index in [2.05, 4.69) is 10.4 Å². The maximum Gasteiger partial charge on any atom is 0.267 e. The fourth-order valence-corrected chi connectivity index (χ4v) is 2.44. The number of hydrazone groups is 1. The van der Waals surface area contributed by atoms with Crippen molar-refractivity contribution in [1.82, 2.24) is 15.2 Å². The number of likely N-dealkylation sites (N-methyl/N-ethyl adjacent to an activating group) is 1. The van der Waals surface area contributed by atoms with Crippen LogP contribution in [0.1, 0.15) is 24.4 Å². The number of benzene rings is 1. The third-order valence-electron chi connectivity index (χ3n) is 3.78. The summed E-state index contributed by atoms with van der Waals surface area (Å²) in [6, 6.07) is 6.16. The molecule has 1 N–H and O–H groups in total. The summed E-state index contributed by atoms with van der Waals surface area (Å²) in [6.07, 6.45) is 0.616. The van der Waals surface area contributed by atoms with E-state index in [4.69, 9.17) is 0 Å². The summed E-state index contributed by atoms with van der Waals surface area (Å²) in [7, 11) is 5.27. The molecule has 23 heavy (non-hydrogen) atoms. The second-order valence-corrected chi connectivity index (χ2v) is 5.71. The minimum absolute atomic E-state index is 0.104. The van der Waals surface area contributed by atoms with Crippen molar-refractivity contribution in [3.05, 3.63) is 35.6 Å². The standard InChI is InChI=1S/C16H21FN4O2/c1-20(2)14(11-5-4-6-12(17)9-11)10-18-16(23)13-7-8-15(22)21(3)19-13/h4-6,9,14H,7-8,10H2,1-3H3,(H,18,23). The topological polar surface area (TPSA) is 65.0 Å². The fourth-order valence-electron chi connectivity index (χ4n) is 2.44. The first-order valence-electron chi connectivity index (χ1n) is 7.42. The van der Waals surface area contributed by atoms with Gasteiger partial charge < -0.3 is 10.2 Å². The molecule has 1 atom stereocenters. The molecule has 0 aliphatic carbocycles. The smallest absolute Gasteiger partial charge is 0.267 e. The van der Waals surface area contributed by atoms with Crippen LogP contribution in [0.2, 0.25) is 0 Å². The van der Waals surface area contributed by atoms with Crippen LogP contribution in [0, 0.1) is 5.82 Å². The highest BCUT2D eigenvalue weighted by Gasteiger charge is 2.23. The van der Waals surface area contributed by atoms with E-state index in [-0.39, 0.29) is 30.1 Å². The van der Waals surface area contributed by atoms with Crippen LogP contribution in [0.25, 0.3) is 0 Å². The van der Waals surface area contributed by atoms with E-state index in [1.807, 2.05) is 25.1 Å². The summed E-state index contributed by atoms with van der Waals surface area (Å²) in [5.74, 6) is -0.711. The Morgan fingerprint density at radius 2 is 2.17 bits per heavy atom. The molecule has 7 heteroatoms. The zero-order valence-electron chi connectivity index (χ0n) is 13.5.